The molecule has 0 saturated heterocycles. The highest BCUT2D eigenvalue weighted by atomic mass is 19.1. The SMILES string of the molecule is CC[C@@]1(O)C(=O)OCc2c1cc1n(c2=O)Cc2c-1nc1cc(F)cc3c1c2[C@@H](NC(=O)CCCCNC(=O)CNC(=O)[C@H](Cc1ccccc1)NC(=O)CNC(=O)CN)CC3. The summed E-state index contributed by atoms with van der Waals surface area (Å²) in [5, 5.41) is 25.3. The van der Waals surface area contributed by atoms with Gasteiger partial charge in [0.25, 0.3) is 5.56 Å². The van der Waals surface area contributed by atoms with E-state index in [-0.39, 0.29) is 75.6 Å². The van der Waals surface area contributed by atoms with E-state index in [2.05, 4.69) is 26.6 Å². The number of nitrogens with two attached hydrogens (primary N) is 1. The smallest absolute Gasteiger partial charge is 0.343 e. The van der Waals surface area contributed by atoms with Gasteiger partial charge in [-0.05, 0) is 60.9 Å². The summed E-state index contributed by atoms with van der Waals surface area (Å²) in [4.78, 5) is 94.3. The third-order valence-corrected chi connectivity index (χ3v) is 11.4. The van der Waals surface area contributed by atoms with Gasteiger partial charge in [0, 0.05) is 42.0 Å². The number of carbonyl (C=O) groups excluding carboxylic acids is 6. The Bertz CT molecular complexity index is 2490. The van der Waals surface area contributed by atoms with E-state index in [4.69, 9.17) is 15.5 Å². The molecule has 61 heavy (non-hydrogen) atoms. The molecule has 0 saturated carbocycles. The molecule has 2 aliphatic heterocycles. The minimum absolute atomic E-state index is 0.0164. The fourth-order valence-electron chi connectivity index (χ4n) is 8.28. The van der Waals surface area contributed by atoms with Crippen molar-refractivity contribution < 1.29 is 43.0 Å². The van der Waals surface area contributed by atoms with Gasteiger partial charge in [0.15, 0.2) is 5.60 Å². The minimum Gasteiger partial charge on any atom is -0.458 e. The average Bonchev–Trinajstić information content (AvgIpc) is 3.62. The Morgan fingerprint density at radius 2 is 1.75 bits per heavy atom. The monoisotopic (exact) mass is 838 g/mol. The highest BCUT2D eigenvalue weighted by Gasteiger charge is 2.46. The lowest BCUT2D eigenvalue weighted by Gasteiger charge is -2.31. The Balaban J connectivity index is 0.955. The van der Waals surface area contributed by atoms with Gasteiger partial charge in [0.05, 0.1) is 54.7 Å². The fourth-order valence-corrected chi connectivity index (χ4v) is 8.28. The number of halogens is 1. The molecule has 3 atom stereocenters. The van der Waals surface area contributed by atoms with Crippen LogP contribution in [0.15, 0.2) is 53.3 Å². The van der Waals surface area contributed by atoms with E-state index in [9.17, 15) is 43.1 Å². The van der Waals surface area contributed by atoms with Gasteiger partial charge in [0.1, 0.15) is 18.5 Å². The van der Waals surface area contributed by atoms with Gasteiger partial charge in [-0.15, -0.1) is 0 Å². The molecule has 4 aromatic rings. The van der Waals surface area contributed by atoms with Crippen molar-refractivity contribution in [2.24, 2.45) is 5.73 Å². The number of aryl methyl sites for hydroxylation is 1. The normalized spacial score (nSPS) is 17.6. The van der Waals surface area contributed by atoms with Crippen molar-refractivity contribution in [2.45, 2.75) is 82.7 Å². The zero-order chi connectivity index (χ0) is 43.4. The molecule has 5 amide bonds. The fraction of sp³-hybridized carbons (Fsp3) is 0.395. The van der Waals surface area contributed by atoms with E-state index in [1.54, 1.807) is 37.3 Å². The second-order valence-corrected chi connectivity index (χ2v) is 15.4. The van der Waals surface area contributed by atoms with Crippen LogP contribution in [-0.2, 0) is 65.1 Å². The number of aromatic nitrogens is 2. The number of hydrogen-bond acceptors (Lipinski definition) is 11. The number of nitrogens with zero attached hydrogens (tertiary/aromatic N) is 2. The maximum atomic E-state index is 14.9. The first-order chi connectivity index (χ1) is 29.3. The molecule has 0 spiro atoms. The molecular weight excluding hydrogens is 792 g/mol. The Morgan fingerprint density at radius 1 is 0.984 bits per heavy atom. The van der Waals surface area contributed by atoms with Crippen LogP contribution in [0.3, 0.4) is 0 Å². The molecule has 7 rings (SSSR count). The summed E-state index contributed by atoms with van der Waals surface area (Å²) in [5.74, 6) is -3.74. The number of amides is 5. The lowest BCUT2D eigenvalue weighted by molar-refractivity contribution is -0.172. The summed E-state index contributed by atoms with van der Waals surface area (Å²) in [5.41, 5.74) is 7.27. The molecule has 0 bridgehead atoms. The topological polar surface area (TPSA) is 253 Å². The highest BCUT2D eigenvalue weighted by Crippen LogP contribution is 2.45. The zero-order valence-electron chi connectivity index (χ0n) is 33.5. The molecule has 0 unspecified atom stereocenters. The number of cyclic esters (lactones) is 1. The predicted molar refractivity (Wildman–Crippen MR) is 218 cm³/mol. The largest absolute Gasteiger partial charge is 0.458 e. The Morgan fingerprint density at radius 3 is 2.51 bits per heavy atom. The number of pyridine rings is 2. The second kappa shape index (κ2) is 18.0. The van der Waals surface area contributed by atoms with Gasteiger partial charge in [-0.1, -0.05) is 37.3 Å². The highest BCUT2D eigenvalue weighted by molar-refractivity contribution is 5.94. The summed E-state index contributed by atoms with van der Waals surface area (Å²) in [6.45, 7) is 0.673. The molecule has 2 aromatic carbocycles. The van der Waals surface area contributed by atoms with E-state index >= 15 is 0 Å². The van der Waals surface area contributed by atoms with Crippen LogP contribution in [0.2, 0.25) is 0 Å². The Kier molecular flexibility index (Phi) is 12.6. The van der Waals surface area contributed by atoms with Crippen LogP contribution in [-0.4, -0.2) is 82.4 Å². The predicted octanol–water partition coefficient (Wildman–Crippen LogP) is 0.527. The van der Waals surface area contributed by atoms with E-state index in [0.717, 1.165) is 16.7 Å². The first kappa shape index (κ1) is 42.6. The molecule has 1 aliphatic carbocycles. The maximum Gasteiger partial charge on any atom is 0.343 e. The molecule has 3 aliphatic rings. The number of unbranched alkanes of at least 4 members (excludes halogenated alkanes) is 1. The lowest BCUT2D eigenvalue weighted by atomic mass is 9.83. The number of rotatable bonds is 16. The first-order valence-corrected chi connectivity index (χ1v) is 20.3. The number of nitrogens with one attached hydrogen (secondary N) is 5. The van der Waals surface area contributed by atoms with Crippen LogP contribution in [0.25, 0.3) is 22.3 Å². The van der Waals surface area contributed by atoms with E-state index < -0.39 is 58.7 Å². The summed E-state index contributed by atoms with van der Waals surface area (Å²) in [6.07, 6.45) is 2.09. The standard InChI is InChI=1S/C43H47FN8O9/c1-2-43(60)28-17-32-39-26(21-52(32)41(58)27(28)22-61-42(43)59)38-29(12-11-24-15-25(44)16-30(51-39)37(24)38)49-33(53)10-6-7-13-46-35(55)19-48-40(57)31(14-23-8-4-3-5-9-23)50-36(56)20-47-34(54)18-45/h3-5,8-9,15-17,29,31,60H,2,6-7,10-14,18-22,45H2,1H3,(H,46,55)(H,47,54)(H,48,57)(H,49,53)(H,50,56)/t29-,31-,43-/m0/s1. The minimum atomic E-state index is -2.01. The van der Waals surface area contributed by atoms with Gasteiger partial charge in [-0.25, -0.2) is 14.2 Å². The molecule has 2 aromatic heterocycles. The summed E-state index contributed by atoms with van der Waals surface area (Å²) >= 11 is 0. The Hall–Kier alpha value is -6.53. The summed E-state index contributed by atoms with van der Waals surface area (Å²) in [7, 11) is 0. The van der Waals surface area contributed by atoms with Crippen molar-refractivity contribution in [3.63, 3.8) is 0 Å². The number of fused-ring (bicyclic) bond motifs is 5. The van der Waals surface area contributed by atoms with E-state index in [1.165, 1.54) is 16.7 Å². The number of carbonyl (C=O) groups is 6. The molecule has 18 heteroatoms. The second-order valence-electron chi connectivity index (χ2n) is 15.4. The van der Waals surface area contributed by atoms with Crippen LogP contribution in [0, 0.1) is 5.82 Å². The number of esters is 1. The average molecular weight is 839 g/mol. The third kappa shape index (κ3) is 8.86. The molecule has 0 radical (unpaired) electrons. The Labute approximate surface area is 349 Å². The van der Waals surface area contributed by atoms with Crippen molar-refractivity contribution >= 4 is 46.4 Å². The van der Waals surface area contributed by atoms with Gasteiger partial charge in [-0.2, -0.15) is 0 Å². The number of ether oxygens (including phenoxy) is 1. The number of hydrogen-bond donors (Lipinski definition) is 7. The molecule has 320 valence electrons. The van der Waals surface area contributed by atoms with Crippen molar-refractivity contribution in [1.82, 2.24) is 36.1 Å². The van der Waals surface area contributed by atoms with E-state index in [1.807, 2.05) is 6.07 Å². The van der Waals surface area contributed by atoms with Gasteiger partial charge >= 0.3 is 5.97 Å². The third-order valence-electron chi connectivity index (χ3n) is 11.4. The molecule has 8 N–H and O–H groups in total. The summed E-state index contributed by atoms with van der Waals surface area (Å²) in [6, 6.07) is 11.9. The quantitative estimate of drug-likeness (QED) is 0.0533. The molecule has 0 fully saturated rings. The van der Waals surface area contributed by atoms with Gasteiger partial charge in [-0.3, -0.25) is 28.8 Å². The van der Waals surface area contributed by atoms with Crippen LogP contribution in [0.4, 0.5) is 4.39 Å². The number of benzene rings is 2. The summed E-state index contributed by atoms with van der Waals surface area (Å²) < 4.78 is 21.6. The first-order valence-electron chi connectivity index (χ1n) is 20.3. The molecule has 17 nitrogen and oxygen atoms in total. The zero-order valence-corrected chi connectivity index (χ0v) is 33.5. The van der Waals surface area contributed by atoms with E-state index in [0.29, 0.717) is 53.5 Å². The maximum absolute atomic E-state index is 14.9. The van der Waals surface area contributed by atoms with Crippen LogP contribution in [0.5, 0.6) is 0 Å². The van der Waals surface area contributed by atoms with Crippen LogP contribution in [0.1, 0.15) is 78.5 Å². The van der Waals surface area contributed by atoms with Crippen molar-refractivity contribution in [3.8, 4) is 11.4 Å². The van der Waals surface area contributed by atoms with Crippen LogP contribution < -0.4 is 37.9 Å². The van der Waals surface area contributed by atoms with Gasteiger partial charge in [0.2, 0.25) is 29.5 Å². The molecular formula is C43H47FN8O9. The van der Waals surface area contributed by atoms with Gasteiger partial charge < -0.3 is 46.7 Å². The molecule has 4 heterocycles. The lowest BCUT2D eigenvalue weighted by Crippen LogP contribution is -2.52. The van der Waals surface area contributed by atoms with Crippen molar-refractivity contribution in [3.05, 3.63) is 98.1 Å². The van der Waals surface area contributed by atoms with Crippen molar-refractivity contribution in [2.75, 3.05) is 26.2 Å². The van der Waals surface area contributed by atoms with Crippen molar-refractivity contribution in [1.29, 1.82) is 0 Å². The van der Waals surface area contributed by atoms with Crippen LogP contribution >= 0.6 is 0 Å². The number of aliphatic hydroxyl groups is 1.